The predicted octanol–water partition coefficient (Wildman–Crippen LogP) is -0.197. The van der Waals surface area contributed by atoms with E-state index in [-0.39, 0.29) is 0 Å². The Bertz CT molecular complexity index is 192. The fraction of sp³-hybridized carbons (Fsp3) is 0.167. The second-order valence-electron chi connectivity index (χ2n) is 1.45. The van der Waals surface area contributed by atoms with Crippen molar-refractivity contribution in [3.05, 3.63) is 12.2 Å². The molecule has 0 spiro atoms. The Balaban J connectivity index is 0. The molecule has 0 aromatic carbocycles. The molecule has 0 heterocycles. The van der Waals surface area contributed by atoms with Crippen molar-refractivity contribution in [3.8, 4) is 0 Å². The Hall–Kier alpha value is -1.85. The number of hydrogen-bond acceptors (Lipinski definition) is 3. The van der Waals surface area contributed by atoms with Gasteiger partial charge >= 0.3 is 17.9 Å². The molecule has 12 heavy (non-hydrogen) atoms. The van der Waals surface area contributed by atoms with Crippen LogP contribution in [0.4, 0.5) is 0 Å². The Labute approximate surface area is 67.7 Å². The number of rotatable bonds is 1. The summed E-state index contributed by atoms with van der Waals surface area (Å²) in [5.41, 5.74) is 0. The van der Waals surface area contributed by atoms with Crippen molar-refractivity contribution >= 4 is 17.9 Å². The monoisotopic (exact) mass is 176 g/mol. The lowest BCUT2D eigenvalue weighted by Crippen LogP contribution is -2.09. The van der Waals surface area contributed by atoms with Crippen LogP contribution in [0.1, 0.15) is 6.92 Å². The minimum atomic E-state index is -1.82. The first kappa shape index (κ1) is 12.8. The van der Waals surface area contributed by atoms with Crippen molar-refractivity contribution in [2.24, 2.45) is 0 Å². The molecule has 0 atom stereocenters. The first-order valence-corrected chi connectivity index (χ1v) is 2.73. The molecule has 0 radical (unpaired) electrons. The minimum Gasteiger partial charge on any atom is -0.478 e. The fourth-order valence-electron chi connectivity index (χ4n) is 0.143. The molecule has 0 aromatic heterocycles. The zero-order valence-electron chi connectivity index (χ0n) is 6.22. The maximum atomic E-state index is 9.51. The second-order valence-corrected chi connectivity index (χ2v) is 1.45. The van der Waals surface area contributed by atoms with Crippen LogP contribution < -0.4 is 0 Å². The largest absolute Gasteiger partial charge is 0.478 e. The lowest BCUT2D eigenvalue weighted by Gasteiger charge is -1.72. The third kappa shape index (κ3) is 15.7. The molecule has 0 fully saturated rings. The van der Waals surface area contributed by atoms with Gasteiger partial charge in [-0.1, -0.05) is 6.08 Å². The van der Waals surface area contributed by atoms with E-state index in [0.717, 1.165) is 6.08 Å². The normalized spacial score (nSPS) is 8.42. The molecule has 0 amide bonds. The lowest BCUT2D eigenvalue weighted by molar-refractivity contribution is -0.159. The van der Waals surface area contributed by atoms with Crippen LogP contribution in [0.2, 0.25) is 0 Å². The van der Waals surface area contributed by atoms with Gasteiger partial charge in [0.1, 0.15) is 0 Å². The molecule has 0 aromatic rings. The summed E-state index contributed by atoms with van der Waals surface area (Å²) in [5, 5.41) is 22.6. The van der Waals surface area contributed by atoms with E-state index in [2.05, 4.69) is 0 Å². The van der Waals surface area contributed by atoms with Gasteiger partial charge < -0.3 is 15.3 Å². The maximum Gasteiger partial charge on any atom is 0.414 e. The molecule has 0 unspecified atom stereocenters. The van der Waals surface area contributed by atoms with Crippen LogP contribution >= 0.6 is 0 Å². The van der Waals surface area contributed by atoms with Crippen LogP contribution in [-0.4, -0.2) is 33.2 Å². The lowest BCUT2D eigenvalue weighted by atomic mass is 10.5. The highest BCUT2D eigenvalue weighted by atomic mass is 16.4. The number of carbonyl (C=O) groups is 3. The highest BCUT2D eigenvalue weighted by Gasteiger charge is 2.04. The van der Waals surface area contributed by atoms with E-state index in [9.17, 15) is 4.79 Å². The first-order valence-electron chi connectivity index (χ1n) is 2.73. The van der Waals surface area contributed by atoms with Crippen molar-refractivity contribution in [2.45, 2.75) is 6.92 Å². The second kappa shape index (κ2) is 7.26. The molecule has 0 bridgehead atoms. The Morgan fingerprint density at radius 2 is 1.33 bits per heavy atom. The molecule has 3 N–H and O–H groups in total. The van der Waals surface area contributed by atoms with E-state index in [1.54, 1.807) is 6.92 Å². The molecule has 0 aliphatic heterocycles. The highest BCUT2D eigenvalue weighted by Crippen LogP contribution is 1.65. The molecule has 6 heteroatoms. The summed E-state index contributed by atoms with van der Waals surface area (Å²) in [6, 6.07) is 0. The van der Waals surface area contributed by atoms with Crippen molar-refractivity contribution in [2.75, 3.05) is 0 Å². The van der Waals surface area contributed by atoms with Gasteiger partial charge in [0, 0.05) is 6.08 Å². The fourth-order valence-corrected chi connectivity index (χ4v) is 0.143. The van der Waals surface area contributed by atoms with Crippen molar-refractivity contribution in [1.82, 2.24) is 0 Å². The maximum absolute atomic E-state index is 9.51. The third-order valence-corrected chi connectivity index (χ3v) is 0.492. The van der Waals surface area contributed by atoms with E-state index >= 15 is 0 Å². The van der Waals surface area contributed by atoms with Gasteiger partial charge in [0.05, 0.1) is 0 Å². The minimum absolute atomic E-state index is 0.891. The van der Waals surface area contributed by atoms with Gasteiger partial charge in [-0.3, -0.25) is 0 Å². The number of hydrogen-bond donors (Lipinski definition) is 3. The van der Waals surface area contributed by atoms with E-state index in [0.29, 0.717) is 0 Å². The third-order valence-electron chi connectivity index (χ3n) is 0.492. The summed E-state index contributed by atoms with van der Waals surface area (Å²) >= 11 is 0. The summed E-state index contributed by atoms with van der Waals surface area (Å²) < 4.78 is 0. The molecule has 0 saturated carbocycles. The average molecular weight is 176 g/mol. The van der Waals surface area contributed by atoms with Gasteiger partial charge in [-0.15, -0.1) is 0 Å². The SMILES string of the molecule is C/C=C/C(=O)O.O=C(O)C(=O)O. The van der Waals surface area contributed by atoms with Gasteiger partial charge in [0.25, 0.3) is 0 Å². The number of allylic oxidation sites excluding steroid dienone is 1. The summed E-state index contributed by atoms with van der Waals surface area (Å²) in [5.74, 6) is -4.54. The van der Waals surface area contributed by atoms with Crippen LogP contribution in [0.25, 0.3) is 0 Å². The molecule has 68 valence electrons. The van der Waals surface area contributed by atoms with Crippen LogP contribution in [0.15, 0.2) is 12.2 Å². The van der Waals surface area contributed by atoms with Crippen molar-refractivity contribution in [1.29, 1.82) is 0 Å². The van der Waals surface area contributed by atoms with E-state index in [1.165, 1.54) is 6.08 Å². The van der Waals surface area contributed by atoms with Crippen molar-refractivity contribution in [3.63, 3.8) is 0 Å². The zero-order chi connectivity index (χ0) is 10.1. The van der Waals surface area contributed by atoms with E-state index in [1.807, 2.05) is 0 Å². The van der Waals surface area contributed by atoms with Gasteiger partial charge in [0.2, 0.25) is 0 Å². The molecule has 0 aliphatic rings. The summed E-state index contributed by atoms with van der Waals surface area (Å²) in [4.78, 5) is 27.7. The topological polar surface area (TPSA) is 112 Å². The van der Waals surface area contributed by atoms with Gasteiger partial charge in [-0.2, -0.15) is 0 Å². The molecular weight excluding hydrogens is 168 g/mol. The number of carboxylic acid groups (broad SMARTS) is 3. The summed E-state index contributed by atoms with van der Waals surface area (Å²) in [7, 11) is 0. The van der Waals surface area contributed by atoms with Crippen LogP contribution in [0.5, 0.6) is 0 Å². The van der Waals surface area contributed by atoms with Gasteiger partial charge in [-0.25, -0.2) is 14.4 Å². The molecule has 0 rings (SSSR count). The molecular formula is C6H8O6. The summed E-state index contributed by atoms with van der Waals surface area (Å²) in [6.45, 7) is 1.66. The highest BCUT2D eigenvalue weighted by molar-refractivity contribution is 6.27. The van der Waals surface area contributed by atoms with Crippen molar-refractivity contribution < 1.29 is 29.7 Å². The standard InChI is InChI=1S/C4H6O2.C2H2O4/c1-2-3-4(5)6;3-1(4)2(5)6/h2-3H,1H3,(H,5,6);(H,3,4)(H,5,6)/b3-2+;. The molecule has 0 saturated heterocycles. The quantitative estimate of drug-likeness (QED) is 0.377. The molecule has 6 nitrogen and oxygen atoms in total. The van der Waals surface area contributed by atoms with E-state index < -0.39 is 17.9 Å². The average Bonchev–Trinajstić information content (AvgIpc) is 1.87. The van der Waals surface area contributed by atoms with E-state index in [4.69, 9.17) is 24.9 Å². The van der Waals surface area contributed by atoms with Crippen LogP contribution in [-0.2, 0) is 14.4 Å². The first-order chi connectivity index (χ1) is 5.41. The Morgan fingerprint density at radius 3 is 1.33 bits per heavy atom. The Morgan fingerprint density at radius 1 is 1.00 bits per heavy atom. The van der Waals surface area contributed by atoms with Gasteiger partial charge in [-0.05, 0) is 6.92 Å². The predicted molar refractivity (Wildman–Crippen MR) is 37.7 cm³/mol. The smallest absolute Gasteiger partial charge is 0.414 e. The Kier molecular flexibility index (Phi) is 7.74. The van der Waals surface area contributed by atoms with Crippen LogP contribution in [0, 0.1) is 0 Å². The number of carboxylic acids is 3. The zero-order valence-corrected chi connectivity index (χ0v) is 6.22. The van der Waals surface area contributed by atoms with Gasteiger partial charge in [0.15, 0.2) is 0 Å². The van der Waals surface area contributed by atoms with Crippen LogP contribution in [0.3, 0.4) is 0 Å². The number of aliphatic carboxylic acids is 3. The molecule has 0 aliphatic carbocycles. The summed E-state index contributed by atoms with van der Waals surface area (Å²) in [6.07, 6.45) is 2.56.